The Kier molecular flexibility index (Phi) is 5.01. The first-order valence-electron chi connectivity index (χ1n) is 6.49. The molecule has 1 heterocycles. The molecular weight excluding hydrogens is 335 g/mol. The van der Waals surface area contributed by atoms with Crippen LogP contribution in [0.4, 0.5) is 4.79 Å². The number of nitrogens with one attached hydrogen (secondary N) is 2. The SMILES string of the molecule is CC(NC(=O)NC1CCS(=O)(=O)C1)c1ccc(Cl)c(Cl)c1. The predicted octanol–water partition coefficient (Wildman–Crippen LogP) is 2.54. The number of carbonyl (C=O) groups is 1. The average Bonchev–Trinajstić information content (AvgIpc) is 2.71. The van der Waals surface area contributed by atoms with E-state index in [0.717, 1.165) is 5.56 Å². The Morgan fingerprint density at radius 1 is 1.33 bits per heavy atom. The lowest BCUT2D eigenvalue weighted by Gasteiger charge is -2.17. The first-order valence-corrected chi connectivity index (χ1v) is 9.07. The van der Waals surface area contributed by atoms with Gasteiger partial charge in [0.05, 0.1) is 27.6 Å². The standard InChI is InChI=1S/C13H16Cl2N2O3S/c1-8(9-2-3-11(14)12(15)6-9)16-13(18)17-10-4-5-21(19,20)7-10/h2-3,6,8,10H,4-5,7H2,1H3,(H2,16,17,18). The van der Waals surface area contributed by atoms with Crippen molar-refractivity contribution in [3.63, 3.8) is 0 Å². The quantitative estimate of drug-likeness (QED) is 0.879. The van der Waals surface area contributed by atoms with Gasteiger partial charge in [-0.25, -0.2) is 13.2 Å². The summed E-state index contributed by atoms with van der Waals surface area (Å²) in [5, 5.41) is 6.30. The highest BCUT2D eigenvalue weighted by Crippen LogP contribution is 2.25. The summed E-state index contributed by atoms with van der Waals surface area (Å²) >= 11 is 11.8. The van der Waals surface area contributed by atoms with E-state index < -0.39 is 15.9 Å². The number of benzene rings is 1. The molecular formula is C13H16Cl2N2O3S. The number of carbonyl (C=O) groups excluding carboxylic acids is 1. The van der Waals surface area contributed by atoms with Crippen molar-refractivity contribution in [2.75, 3.05) is 11.5 Å². The number of urea groups is 1. The van der Waals surface area contributed by atoms with Crippen molar-refractivity contribution in [1.82, 2.24) is 10.6 Å². The molecule has 0 spiro atoms. The van der Waals surface area contributed by atoms with Crippen LogP contribution in [0.25, 0.3) is 0 Å². The summed E-state index contributed by atoms with van der Waals surface area (Å²) in [6.45, 7) is 1.81. The van der Waals surface area contributed by atoms with Crippen molar-refractivity contribution in [3.8, 4) is 0 Å². The molecule has 1 saturated heterocycles. The second kappa shape index (κ2) is 6.42. The van der Waals surface area contributed by atoms with Crippen LogP contribution in [0.1, 0.15) is 24.9 Å². The van der Waals surface area contributed by atoms with E-state index in [1.807, 2.05) is 6.92 Å². The van der Waals surface area contributed by atoms with Gasteiger partial charge in [0.15, 0.2) is 9.84 Å². The van der Waals surface area contributed by atoms with E-state index >= 15 is 0 Å². The highest BCUT2D eigenvalue weighted by Gasteiger charge is 2.29. The third-order valence-electron chi connectivity index (χ3n) is 3.36. The molecule has 1 aliphatic heterocycles. The van der Waals surface area contributed by atoms with Gasteiger partial charge in [0, 0.05) is 6.04 Å². The third-order valence-corrected chi connectivity index (χ3v) is 5.87. The monoisotopic (exact) mass is 350 g/mol. The van der Waals surface area contributed by atoms with Crippen LogP contribution < -0.4 is 10.6 Å². The van der Waals surface area contributed by atoms with Crippen LogP contribution in [-0.4, -0.2) is 32.0 Å². The summed E-state index contributed by atoms with van der Waals surface area (Å²) in [5.74, 6) is 0.127. The Morgan fingerprint density at radius 2 is 2.05 bits per heavy atom. The molecule has 5 nitrogen and oxygen atoms in total. The zero-order valence-electron chi connectivity index (χ0n) is 11.4. The molecule has 0 aliphatic carbocycles. The number of sulfone groups is 1. The highest BCUT2D eigenvalue weighted by molar-refractivity contribution is 7.91. The zero-order valence-corrected chi connectivity index (χ0v) is 13.7. The van der Waals surface area contributed by atoms with E-state index in [0.29, 0.717) is 16.5 Å². The summed E-state index contributed by atoms with van der Waals surface area (Å²) in [4.78, 5) is 11.9. The molecule has 0 radical (unpaired) electrons. The minimum absolute atomic E-state index is 0.00156. The Balaban J connectivity index is 1.91. The fourth-order valence-electron chi connectivity index (χ4n) is 2.20. The van der Waals surface area contributed by atoms with Crippen LogP contribution in [0, 0.1) is 0 Å². The maximum Gasteiger partial charge on any atom is 0.315 e. The molecule has 2 unspecified atom stereocenters. The maximum atomic E-state index is 11.9. The minimum Gasteiger partial charge on any atom is -0.334 e. The second-order valence-corrected chi connectivity index (χ2v) is 8.16. The number of amides is 2. The largest absolute Gasteiger partial charge is 0.334 e. The van der Waals surface area contributed by atoms with E-state index in [1.165, 1.54) is 0 Å². The van der Waals surface area contributed by atoms with Crippen LogP contribution in [-0.2, 0) is 9.84 Å². The average molecular weight is 351 g/mol. The van der Waals surface area contributed by atoms with Gasteiger partial charge in [-0.15, -0.1) is 0 Å². The molecule has 1 aliphatic rings. The minimum atomic E-state index is -3.01. The molecule has 2 rings (SSSR count). The van der Waals surface area contributed by atoms with Crippen molar-refractivity contribution in [1.29, 1.82) is 0 Å². The van der Waals surface area contributed by atoms with Crippen molar-refractivity contribution < 1.29 is 13.2 Å². The number of rotatable bonds is 3. The van der Waals surface area contributed by atoms with E-state index in [2.05, 4.69) is 10.6 Å². The summed E-state index contributed by atoms with van der Waals surface area (Å²) in [7, 11) is -3.01. The molecule has 0 aromatic heterocycles. The van der Waals surface area contributed by atoms with E-state index in [4.69, 9.17) is 23.2 Å². The highest BCUT2D eigenvalue weighted by atomic mass is 35.5. The molecule has 21 heavy (non-hydrogen) atoms. The van der Waals surface area contributed by atoms with Gasteiger partial charge in [0.2, 0.25) is 0 Å². The third kappa shape index (κ3) is 4.49. The van der Waals surface area contributed by atoms with Crippen LogP contribution in [0.15, 0.2) is 18.2 Å². The Hall–Kier alpha value is -0.980. The Bertz CT molecular complexity index is 649. The molecule has 116 valence electrons. The smallest absolute Gasteiger partial charge is 0.315 e. The molecule has 2 atom stereocenters. The van der Waals surface area contributed by atoms with Gasteiger partial charge >= 0.3 is 6.03 Å². The molecule has 0 saturated carbocycles. The topological polar surface area (TPSA) is 75.3 Å². The molecule has 1 fully saturated rings. The van der Waals surface area contributed by atoms with E-state index in [-0.39, 0.29) is 23.6 Å². The molecule has 1 aromatic rings. The summed E-state index contributed by atoms with van der Waals surface area (Å²) < 4.78 is 22.7. The predicted molar refractivity (Wildman–Crippen MR) is 83.6 cm³/mol. The lowest BCUT2D eigenvalue weighted by molar-refractivity contribution is 0.235. The Morgan fingerprint density at radius 3 is 2.62 bits per heavy atom. The van der Waals surface area contributed by atoms with Crippen LogP contribution in [0.2, 0.25) is 10.0 Å². The van der Waals surface area contributed by atoms with Gasteiger partial charge in [0.1, 0.15) is 0 Å². The number of hydrogen-bond acceptors (Lipinski definition) is 3. The molecule has 2 N–H and O–H groups in total. The fraction of sp³-hybridized carbons (Fsp3) is 0.462. The zero-order chi connectivity index (χ0) is 15.6. The number of halogens is 2. The van der Waals surface area contributed by atoms with Gasteiger partial charge in [-0.2, -0.15) is 0 Å². The summed E-state index contributed by atoms with van der Waals surface area (Å²) in [6, 6.07) is 4.15. The van der Waals surface area contributed by atoms with Gasteiger partial charge in [-0.1, -0.05) is 29.3 Å². The first kappa shape index (κ1) is 16.4. The molecule has 8 heteroatoms. The normalized spacial score (nSPS) is 21.8. The van der Waals surface area contributed by atoms with Gasteiger partial charge in [0.25, 0.3) is 0 Å². The molecule has 0 bridgehead atoms. The van der Waals surface area contributed by atoms with Crippen LogP contribution in [0.3, 0.4) is 0 Å². The van der Waals surface area contributed by atoms with Gasteiger partial charge < -0.3 is 10.6 Å². The van der Waals surface area contributed by atoms with E-state index in [9.17, 15) is 13.2 Å². The Labute approximate surface area is 133 Å². The van der Waals surface area contributed by atoms with E-state index in [1.54, 1.807) is 18.2 Å². The van der Waals surface area contributed by atoms with Gasteiger partial charge in [-0.3, -0.25) is 0 Å². The second-order valence-electron chi connectivity index (χ2n) is 5.11. The van der Waals surface area contributed by atoms with Crippen molar-refractivity contribution in [2.45, 2.75) is 25.4 Å². The van der Waals surface area contributed by atoms with Gasteiger partial charge in [-0.05, 0) is 31.0 Å². The molecule has 1 aromatic carbocycles. The fourth-order valence-corrected chi connectivity index (χ4v) is 4.18. The summed E-state index contributed by atoms with van der Waals surface area (Å²) in [6.07, 6.45) is 0.455. The number of hydrogen-bond donors (Lipinski definition) is 2. The van der Waals surface area contributed by atoms with Crippen LogP contribution >= 0.6 is 23.2 Å². The van der Waals surface area contributed by atoms with Crippen molar-refractivity contribution >= 4 is 39.1 Å². The summed E-state index contributed by atoms with van der Waals surface area (Å²) in [5.41, 5.74) is 0.818. The lowest BCUT2D eigenvalue weighted by atomic mass is 10.1. The van der Waals surface area contributed by atoms with Crippen molar-refractivity contribution in [2.24, 2.45) is 0 Å². The lowest BCUT2D eigenvalue weighted by Crippen LogP contribution is -2.43. The maximum absolute atomic E-state index is 11.9. The molecule has 2 amide bonds. The first-order chi connectivity index (χ1) is 9.77. The van der Waals surface area contributed by atoms with Crippen LogP contribution in [0.5, 0.6) is 0 Å². The van der Waals surface area contributed by atoms with Crippen molar-refractivity contribution in [3.05, 3.63) is 33.8 Å².